The molecule has 248 valence electrons. The summed E-state index contributed by atoms with van der Waals surface area (Å²) in [4.78, 5) is 2.36. The molecule has 3 nitrogen and oxygen atoms in total. The molecule has 0 rings (SSSR count). The fourth-order valence-electron chi connectivity index (χ4n) is 1.68. The van der Waals surface area contributed by atoms with Crippen LogP contribution in [-0.2, 0) is 0 Å². The van der Waals surface area contributed by atoms with Crippen LogP contribution in [0, 0.1) is 0 Å². The predicted molar refractivity (Wildman–Crippen MR) is 209 cm³/mol. The van der Waals surface area contributed by atoms with Crippen molar-refractivity contribution >= 4 is 130 Å². The largest absolute Gasteiger partial charge is 0.396 e. The minimum Gasteiger partial charge on any atom is -0.396 e. The van der Waals surface area contributed by atoms with E-state index >= 15 is 0 Å². The molecule has 0 atom stereocenters. The van der Waals surface area contributed by atoms with Gasteiger partial charge in [0.15, 0.2) is 0 Å². The molecule has 0 saturated heterocycles. The van der Waals surface area contributed by atoms with Gasteiger partial charge >= 0.3 is 0 Å². The van der Waals surface area contributed by atoms with Gasteiger partial charge in [0, 0.05) is 76.2 Å². The van der Waals surface area contributed by atoms with Gasteiger partial charge in [0.25, 0.3) is 0 Å². The number of aliphatic hydroxyl groups is 1. The number of hydrogen-bond donors (Lipinski definition) is 2. The van der Waals surface area contributed by atoms with Crippen molar-refractivity contribution in [1.29, 1.82) is 0 Å². The van der Waals surface area contributed by atoms with Gasteiger partial charge in [-0.05, 0) is 45.4 Å². The van der Waals surface area contributed by atoms with Crippen LogP contribution in [0.25, 0.3) is 0 Å². The molecule has 0 radical (unpaired) electrons. The highest BCUT2D eigenvalue weighted by Crippen LogP contribution is 2.01. The van der Waals surface area contributed by atoms with Crippen molar-refractivity contribution < 1.29 is 5.11 Å². The summed E-state index contributed by atoms with van der Waals surface area (Å²) in [7, 11) is 4.13. The molecule has 0 fully saturated rings. The molecule has 0 aliphatic heterocycles. The van der Waals surface area contributed by atoms with E-state index in [0.717, 1.165) is 64.6 Å². The molecule has 0 aromatic rings. The molecule has 0 aliphatic rings. The Bertz CT molecular complexity index is 320. The first-order valence-electron chi connectivity index (χ1n) is 12.2. The molecule has 0 aliphatic carbocycles. The Kier molecular flexibility index (Phi) is 114. The third kappa shape index (κ3) is 99.8. The molecule has 0 aromatic heterocycles. The fourth-order valence-corrected chi connectivity index (χ4v) is 5.13. The zero-order valence-corrected chi connectivity index (χ0v) is 32.4. The lowest BCUT2D eigenvalue weighted by molar-refractivity contribution is 0.322. The van der Waals surface area contributed by atoms with Crippen LogP contribution in [-0.4, -0.2) is 120 Å². The second kappa shape index (κ2) is 72.9. The molecule has 2 N–H and O–H groups in total. The SMILES string of the molecule is C.C=CSCCCl.CCCN(C)CCSCCCl.CCCNC.Cl.Cl.ClCCSCCCl.OCCSCCCl. The Hall–Kier alpha value is 3.05. The van der Waals surface area contributed by atoms with Gasteiger partial charge in [-0.3, -0.25) is 0 Å². The fraction of sp³-hybridized carbons (Fsp3) is 0.920. The summed E-state index contributed by atoms with van der Waals surface area (Å²) < 4.78 is 0. The van der Waals surface area contributed by atoms with Crippen molar-refractivity contribution in [2.24, 2.45) is 0 Å². The van der Waals surface area contributed by atoms with E-state index in [1.807, 2.05) is 18.8 Å². The van der Waals surface area contributed by atoms with Gasteiger partial charge in [0.1, 0.15) is 0 Å². The van der Waals surface area contributed by atoms with E-state index in [-0.39, 0.29) is 38.8 Å². The third-order valence-corrected chi connectivity index (χ3v) is 8.81. The van der Waals surface area contributed by atoms with E-state index < -0.39 is 0 Å². The molecular weight excluding hydrogens is 721 g/mol. The number of nitrogens with zero attached hydrogens (tertiary/aromatic N) is 1. The van der Waals surface area contributed by atoms with Crippen molar-refractivity contribution in [3.8, 4) is 0 Å². The quantitative estimate of drug-likeness (QED) is 0.0942. The number of thioether (sulfide) groups is 4. The van der Waals surface area contributed by atoms with E-state index in [1.54, 1.807) is 40.7 Å². The average molecular weight is 780 g/mol. The minimum atomic E-state index is 0. The number of halogens is 7. The summed E-state index contributed by atoms with van der Waals surface area (Å²) in [6.45, 7) is 11.7. The number of alkyl halides is 5. The van der Waals surface area contributed by atoms with E-state index in [4.69, 9.17) is 63.1 Å². The standard InChI is InChI=1S/C8H18ClNS.C4H8Cl2S.C4H9ClOS.C4H7ClS.C4H11N.CH4.2ClH/c1-3-5-10(2)6-8-11-7-4-9;2*5-1-3-7-4-2-6;1-2-6-4-3-5;1-3-4-5-2;;;/h3-8H2,1-2H3;1-4H2;6H,1-4H2;2H,1,3-4H2;5H,3-4H2,1-2H3;1H4;2*1H. The average Bonchev–Trinajstić information content (AvgIpc) is 2.88. The van der Waals surface area contributed by atoms with Crippen molar-refractivity contribution in [3.63, 3.8) is 0 Å². The van der Waals surface area contributed by atoms with Crippen LogP contribution in [0.4, 0.5) is 0 Å². The topological polar surface area (TPSA) is 35.5 Å². The van der Waals surface area contributed by atoms with E-state index in [1.165, 1.54) is 31.7 Å². The molecule has 0 aromatic carbocycles. The lowest BCUT2D eigenvalue weighted by atomic mass is 10.4. The van der Waals surface area contributed by atoms with Gasteiger partial charge in [-0.25, -0.2) is 0 Å². The van der Waals surface area contributed by atoms with Crippen molar-refractivity contribution in [2.45, 2.75) is 34.1 Å². The van der Waals surface area contributed by atoms with Gasteiger partial charge in [-0.1, -0.05) is 27.9 Å². The molecule has 0 amide bonds. The van der Waals surface area contributed by atoms with Gasteiger partial charge in [-0.2, -0.15) is 35.3 Å². The van der Waals surface area contributed by atoms with Crippen LogP contribution >= 0.6 is 130 Å². The van der Waals surface area contributed by atoms with Crippen LogP contribution in [0.15, 0.2) is 12.0 Å². The van der Waals surface area contributed by atoms with Crippen LogP contribution < -0.4 is 5.32 Å². The van der Waals surface area contributed by atoms with Crippen LogP contribution in [0.5, 0.6) is 0 Å². The van der Waals surface area contributed by atoms with Crippen molar-refractivity contribution in [3.05, 3.63) is 12.0 Å². The van der Waals surface area contributed by atoms with Crippen LogP contribution in [0.2, 0.25) is 0 Å². The summed E-state index contributed by atoms with van der Waals surface area (Å²) in [6.07, 6.45) is 2.48. The van der Waals surface area contributed by atoms with Crippen molar-refractivity contribution in [2.75, 3.05) is 110 Å². The third-order valence-electron chi connectivity index (χ3n) is 3.16. The second-order valence-corrected chi connectivity index (χ2v) is 13.1. The maximum atomic E-state index is 8.23. The zero-order chi connectivity index (χ0) is 28.5. The van der Waals surface area contributed by atoms with Gasteiger partial charge in [0.05, 0.1) is 6.61 Å². The molecule has 0 heterocycles. The Morgan fingerprint density at radius 2 is 1.13 bits per heavy atom. The Balaban J connectivity index is -0.0000000517. The van der Waals surface area contributed by atoms with E-state index in [2.05, 4.69) is 37.7 Å². The maximum absolute atomic E-state index is 8.23. The second-order valence-electron chi connectivity index (χ2n) is 6.45. The lowest BCUT2D eigenvalue weighted by Gasteiger charge is -2.14. The summed E-state index contributed by atoms with van der Waals surface area (Å²) in [5, 5.41) is 13.0. The zero-order valence-electron chi connectivity index (χ0n) is 23.7. The first-order chi connectivity index (χ1) is 17.5. The molecule has 0 bridgehead atoms. The molecule has 0 spiro atoms. The van der Waals surface area contributed by atoms with Gasteiger partial charge in [0.2, 0.25) is 0 Å². The van der Waals surface area contributed by atoms with Crippen LogP contribution in [0.3, 0.4) is 0 Å². The lowest BCUT2D eigenvalue weighted by Crippen LogP contribution is -2.21. The first-order valence-corrected chi connectivity index (χ1v) is 19.4. The Labute approximate surface area is 298 Å². The molecule has 0 saturated carbocycles. The van der Waals surface area contributed by atoms with E-state index in [0.29, 0.717) is 5.88 Å². The summed E-state index contributed by atoms with van der Waals surface area (Å²) in [5.74, 6) is 10.7. The molecule has 0 unspecified atom stereocenters. The highest BCUT2D eigenvalue weighted by molar-refractivity contribution is 8.02. The van der Waals surface area contributed by atoms with Gasteiger partial charge in [-0.15, -0.1) is 94.6 Å². The number of aliphatic hydroxyl groups excluding tert-OH is 1. The smallest absolute Gasteiger partial charge is 0.0521 e. The Morgan fingerprint density at radius 1 is 0.718 bits per heavy atom. The number of hydrogen-bond acceptors (Lipinski definition) is 7. The minimum absolute atomic E-state index is 0. The van der Waals surface area contributed by atoms with Gasteiger partial charge < -0.3 is 15.3 Å². The highest BCUT2D eigenvalue weighted by atomic mass is 35.5. The van der Waals surface area contributed by atoms with Crippen LogP contribution in [0.1, 0.15) is 34.1 Å². The summed E-state index contributed by atoms with van der Waals surface area (Å²) in [6, 6.07) is 0. The highest BCUT2D eigenvalue weighted by Gasteiger charge is 1.95. The summed E-state index contributed by atoms with van der Waals surface area (Å²) >= 11 is 34.0. The number of nitrogens with one attached hydrogen (secondary N) is 1. The maximum Gasteiger partial charge on any atom is 0.0521 e. The molecule has 14 heteroatoms. The normalized spacial score (nSPS) is 8.79. The summed E-state index contributed by atoms with van der Waals surface area (Å²) in [5.41, 5.74) is 0. The number of rotatable bonds is 20. The van der Waals surface area contributed by atoms with E-state index in [9.17, 15) is 0 Å². The first kappa shape index (κ1) is 61.1. The Morgan fingerprint density at radius 3 is 1.38 bits per heavy atom. The molecule has 39 heavy (non-hydrogen) atoms. The monoisotopic (exact) mass is 776 g/mol. The predicted octanol–water partition coefficient (Wildman–Crippen LogP) is 9.65. The molecular formula is C25H59Cl7N2OS4. The van der Waals surface area contributed by atoms with Crippen molar-refractivity contribution in [1.82, 2.24) is 10.2 Å².